The molecule has 0 aromatic carbocycles. The van der Waals surface area contributed by atoms with Crippen LogP contribution in [0.25, 0.3) is 0 Å². The van der Waals surface area contributed by atoms with Crippen LogP contribution in [0.5, 0.6) is 0 Å². The third-order valence-electron chi connectivity index (χ3n) is 3.56. The molecule has 0 saturated carbocycles. The number of halogens is 1. The fraction of sp³-hybridized carbons (Fsp3) is 0.667. The SMILES string of the molecule is CC1CCN(C(=O)CCn2cc(Cl)c([N+](=O)[O-])n2)CC1. The molecule has 110 valence electrons. The minimum Gasteiger partial charge on any atom is -0.358 e. The summed E-state index contributed by atoms with van der Waals surface area (Å²) in [5.41, 5.74) is 0. The molecule has 0 bridgehead atoms. The van der Waals surface area contributed by atoms with Gasteiger partial charge in [0.15, 0.2) is 5.02 Å². The van der Waals surface area contributed by atoms with Crippen molar-refractivity contribution in [2.24, 2.45) is 5.92 Å². The fourth-order valence-corrected chi connectivity index (χ4v) is 2.47. The van der Waals surface area contributed by atoms with Crippen molar-refractivity contribution in [1.82, 2.24) is 14.7 Å². The van der Waals surface area contributed by atoms with Crippen LogP contribution in [0.3, 0.4) is 0 Å². The Morgan fingerprint density at radius 2 is 2.20 bits per heavy atom. The van der Waals surface area contributed by atoms with Crippen molar-refractivity contribution >= 4 is 23.3 Å². The van der Waals surface area contributed by atoms with E-state index in [0.29, 0.717) is 12.5 Å². The lowest BCUT2D eigenvalue weighted by molar-refractivity contribution is -0.389. The lowest BCUT2D eigenvalue weighted by Gasteiger charge is -2.30. The van der Waals surface area contributed by atoms with Gasteiger partial charge in [0.1, 0.15) is 0 Å². The summed E-state index contributed by atoms with van der Waals surface area (Å²) in [5, 5.41) is 14.4. The number of amides is 1. The molecule has 8 heteroatoms. The molecule has 1 saturated heterocycles. The standard InChI is InChI=1S/C12H17ClN4O3/c1-9-2-5-15(6-3-9)11(18)4-7-16-8-10(13)12(14-16)17(19)20/h8-9H,2-7H2,1H3. The van der Waals surface area contributed by atoms with E-state index in [1.165, 1.54) is 10.9 Å². The van der Waals surface area contributed by atoms with Crippen LogP contribution in [0, 0.1) is 16.0 Å². The van der Waals surface area contributed by atoms with Crippen LogP contribution in [0.4, 0.5) is 5.82 Å². The number of piperidine rings is 1. The van der Waals surface area contributed by atoms with Crippen LogP contribution in [0.15, 0.2) is 6.20 Å². The van der Waals surface area contributed by atoms with Crippen LogP contribution in [-0.4, -0.2) is 38.6 Å². The second-order valence-electron chi connectivity index (χ2n) is 5.13. The average molecular weight is 301 g/mol. The summed E-state index contributed by atoms with van der Waals surface area (Å²) >= 11 is 5.70. The number of hydrogen-bond donors (Lipinski definition) is 0. The number of hydrogen-bond acceptors (Lipinski definition) is 4. The zero-order chi connectivity index (χ0) is 14.7. The molecule has 0 N–H and O–H groups in total. The van der Waals surface area contributed by atoms with Gasteiger partial charge in [-0.3, -0.25) is 4.79 Å². The van der Waals surface area contributed by atoms with Crippen molar-refractivity contribution in [3.63, 3.8) is 0 Å². The number of aryl methyl sites for hydroxylation is 1. The minimum atomic E-state index is -0.632. The number of carbonyl (C=O) groups is 1. The third-order valence-corrected chi connectivity index (χ3v) is 3.83. The van der Waals surface area contributed by atoms with E-state index in [1.54, 1.807) is 0 Å². The van der Waals surface area contributed by atoms with Gasteiger partial charge in [-0.15, -0.1) is 0 Å². The van der Waals surface area contributed by atoms with E-state index >= 15 is 0 Å². The maximum Gasteiger partial charge on any atom is 0.408 e. The van der Waals surface area contributed by atoms with Gasteiger partial charge in [0.05, 0.1) is 17.8 Å². The predicted molar refractivity (Wildman–Crippen MR) is 73.5 cm³/mol. The van der Waals surface area contributed by atoms with Crippen LogP contribution in [0.2, 0.25) is 5.02 Å². The van der Waals surface area contributed by atoms with Gasteiger partial charge in [-0.1, -0.05) is 18.5 Å². The molecule has 1 amide bonds. The lowest BCUT2D eigenvalue weighted by Crippen LogP contribution is -2.38. The molecule has 1 aromatic rings. The van der Waals surface area contributed by atoms with Crippen LogP contribution in [0.1, 0.15) is 26.2 Å². The van der Waals surface area contributed by atoms with Crippen LogP contribution < -0.4 is 0 Å². The first-order valence-electron chi connectivity index (χ1n) is 6.62. The van der Waals surface area contributed by atoms with Crippen LogP contribution in [-0.2, 0) is 11.3 Å². The highest BCUT2D eigenvalue weighted by Crippen LogP contribution is 2.21. The summed E-state index contributed by atoms with van der Waals surface area (Å²) in [6, 6.07) is 0. The molecule has 0 spiro atoms. The molecule has 0 radical (unpaired) electrons. The summed E-state index contributed by atoms with van der Waals surface area (Å²) in [4.78, 5) is 23.9. The summed E-state index contributed by atoms with van der Waals surface area (Å²) in [6.45, 7) is 4.07. The number of nitrogens with zero attached hydrogens (tertiary/aromatic N) is 4. The highest BCUT2D eigenvalue weighted by Gasteiger charge is 2.22. The van der Waals surface area contributed by atoms with E-state index in [-0.39, 0.29) is 23.2 Å². The van der Waals surface area contributed by atoms with Crippen molar-refractivity contribution in [1.29, 1.82) is 0 Å². The first-order chi connectivity index (χ1) is 9.47. The Hall–Kier alpha value is -1.63. The molecule has 20 heavy (non-hydrogen) atoms. The zero-order valence-corrected chi connectivity index (χ0v) is 12.0. The molecule has 1 fully saturated rings. The van der Waals surface area contributed by atoms with Crippen molar-refractivity contribution in [2.75, 3.05) is 13.1 Å². The highest BCUT2D eigenvalue weighted by molar-refractivity contribution is 6.32. The van der Waals surface area contributed by atoms with Gasteiger partial charge < -0.3 is 15.0 Å². The number of likely N-dealkylation sites (tertiary alicyclic amines) is 1. The lowest BCUT2D eigenvalue weighted by atomic mass is 9.99. The van der Waals surface area contributed by atoms with Gasteiger partial charge in [-0.2, -0.15) is 4.68 Å². The second-order valence-corrected chi connectivity index (χ2v) is 5.54. The molecule has 1 aliphatic heterocycles. The minimum absolute atomic E-state index is 0.00533. The van der Waals surface area contributed by atoms with Crippen molar-refractivity contribution < 1.29 is 9.72 Å². The Labute approximate surface area is 121 Å². The molecule has 2 rings (SSSR count). The summed E-state index contributed by atoms with van der Waals surface area (Å²) in [5.74, 6) is 0.365. The number of rotatable bonds is 4. The summed E-state index contributed by atoms with van der Waals surface area (Å²) in [6.07, 6.45) is 3.73. The molecule has 1 aromatic heterocycles. The quantitative estimate of drug-likeness (QED) is 0.630. The first-order valence-corrected chi connectivity index (χ1v) is 7.00. The topological polar surface area (TPSA) is 81.3 Å². The Balaban J connectivity index is 1.87. The predicted octanol–water partition coefficient (Wildman–Crippen LogP) is 2.09. The molecular formula is C12H17ClN4O3. The van der Waals surface area contributed by atoms with E-state index in [9.17, 15) is 14.9 Å². The molecule has 0 unspecified atom stereocenters. The van der Waals surface area contributed by atoms with Gasteiger partial charge in [-0.05, 0) is 23.7 Å². The van der Waals surface area contributed by atoms with Gasteiger partial charge in [0.25, 0.3) is 0 Å². The molecule has 0 aliphatic carbocycles. The number of nitro groups is 1. The second kappa shape index (κ2) is 6.21. The monoisotopic (exact) mass is 300 g/mol. The Morgan fingerprint density at radius 3 is 2.75 bits per heavy atom. The van der Waals surface area contributed by atoms with Gasteiger partial charge >= 0.3 is 5.82 Å². The van der Waals surface area contributed by atoms with Crippen LogP contribution >= 0.6 is 11.6 Å². The molecule has 2 heterocycles. The largest absolute Gasteiger partial charge is 0.408 e. The Morgan fingerprint density at radius 1 is 1.55 bits per heavy atom. The average Bonchev–Trinajstić information content (AvgIpc) is 2.78. The summed E-state index contributed by atoms with van der Waals surface area (Å²) < 4.78 is 1.35. The Bertz CT molecular complexity index is 509. The maximum atomic E-state index is 12.0. The summed E-state index contributed by atoms with van der Waals surface area (Å²) in [7, 11) is 0. The van der Waals surface area contributed by atoms with Gasteiger partial charge in [0, 0.05) is 19.5 Å². The van der Waals surface area contributed by atoms with Crippen molar-refractivity contribution in [3.05, 3.63) is 21.3 Å². The highest BCUT2D eigenvalue weighted by atomic mass is 35.5. The third kappa shape index (κ3) is 3.47. The molecule has 1 aliphatic rings. The molecular weight excluding hydrogens is 284 g/mol. The van der Waals surface area contributed by atoms with E-state index < -0.39 is 4.92 Å². The smallest absolute Gasteiger partial charge is 0.358 e. The molecule has 7 nitrogen and oxygen atoms in total. The number of aromatic nitrogens is 2. The van der Waals surface area contributed by atoms with Gasteiger partial charge in [-0.25, -0.2) is 0 Å². The molecule has 0 atom stereocenters. The van der Waals surface area contributed by atoms with E-state index in [1.807, 2.05) is 4.90 Å². The normalized spacial score (nSPS) is 16.4. The fourth-order valence-electron chi connectivity index (χ4n) is 2.25. The first kappa shape index (κ1) is 14.8. The van der Waals surface area contributed by atoms with E-state index in [0.717, 1.165) is 25.9 Å². The maximum absolute atomic E-state index is 12.0. The van der Waals surface area contributed by atoms with E-state index in [2.05, 4.69) is 12.0 Å². The van der Waals surface area contributed by atoms with Crippen molar-refractivity contribution in [2.45, 2.75) is 32.7 Å². The zero-order valence-electron chi connectivity index (χ0n) is 11.3. The Kier molecular flexibility index (Phi) is 4.59. The van der Waals surface area contributed by atoms with Gasteiger partial charge in [0.2, 0.25) is 5.91 Å². The van der Waals surface area contributed by atoms with E-state index in [4.69, 9.17) is 11.6 Å². The number of carbonyl (C=O) groups excluding carboxylic acids is 1. The van der Waals surface area contributed by atoms with Crippen molar-refractivity contribution in [3.8, 4) is 0 Å².